The summed E-state index contributed by atoms with van der Waals surface area (Å²) in [6.45, 7) is 11.0. The van der Waals surface area contributed by atoms with Crippen molar-refractivity contribution < 1.29 is 44.7 Å². The van der Waals surface area contributed by atoms with Gasteiger partial charge in [0.15, 0.2) is 5.78 Å². The van der Waals surface area contributed by atoms with Crippen molar-refractivity contribution in [1.29, 1.82) is 0 Å². The van der Waals surface area contributed by atoms with Crippen LogP contribution >= 0.6 is 0 Å². The van der Waals surface area contributed by atoms with Gasteiger partial charge in [0.1, 0.15) is 35.7 Å². The molecule has 2 aliphatic carbocycles. The van der Waals surface area contributed by atoms with Gasteiger partial charge in [0.05, 0.1) is 24.4 Å². The van der Waals surface area contributed by atoms with Gasteiger partial charge in [-0.3, -0.25) is 4.79 Å². The number of Topliss-reactive ketones (excluding diaryl/α,β-unsaturated/α-hetero) is 1. The summed E-state index contributed by atoms with van der Waals surface area (Å²) >= 11 is 0. The normalized spacial score (nSPS) is 47.6. The van der Waals surface area contributed by atoms with Gasteiger partial charge in [-0.1, -0.05) is 51.8 Å². The number of rotatable bonds is 3. The van der Waals surface area contributed by atoms with Crippen molar-refractivity contribution in [2.24, 2.45) is 41.4 Å². The zero-order chi connectivity index (χ0) is 33.0. The molecule has 252 valence electrons. The summed E-state index contributed by atoms with van der Waals surface area (Å²) in [4.78, 5) is 33.2. The van der Waals surface area contributed by atoms with Crippen LogP contribution in [-0.2, 0) is 19.2 Å². The van der Waals surface area contributed by atoms with Crippen LogP contribution in [0.3, 0.4) is 0 Å². The van der Waals surface area contributed by atoms with E-state index in [9.17, 15) is 35.1 Å². The molecule has 0 aromatic rings. The van der Waals surface area contributed by atoms with Crippen LogP contribution in [0.15, 0.2) is 35.1 Å². The van der Waals surface area contributed by atoms with Gasteiger partial charge in [-0.25, -0.2) is 4.79 Å². The summed E-state index contributed by atoms with van der Waals surface area (Å²) in [5.74, 6) is -2.34. The Morgan fingerprint density at radius 2 is 1.73 bits per heavy atom. The molecule has 15 atom stereocenters. The lowest BCUT2D eigenvalue weighted by molar-refractivity contribution is -0.238. The highest BCUT2D eigenvalue weighted by Crippen LogP contribution is 2.58. The number of ketones is 1. The van der Waals surface area contributed by atoms with Crippen molar-refractivity contribution >= 4 is 11.8 Å². The number of hydroxylamine groups is 2. The van der Waals surface area contributed by atoms with Crippen molar-refractivity contribution in [1.82, 2.24) is 5.06 Å². The highest BCUT2D eigenvalue weighted by molar-refractivity contribution is 6.19. The number of allylic oxidation sites excluding steroid dienone is 3. The molecular formula is C35H53NO9. The summed E-state index contributed by atoms with van der Waals surface area (Å²) in [6.07, 6.45) is 4.64. The van der Waals surface area contributed by atoms with Crippen LogP contribution in [0.25, 0.3) is 0 Å². The van der Waals surface area contributed by atoms with E-state index >= 15 is 0 Å². The molecule has 0 aromatic carbocycles. The molecule has 2 saturated heterocycles. The maximum atomic E-state index is 13.9. The summed E-state index contributed by atoms with van der Waals surface area (Å²) in [7, 11) is 0. The minimum absolute atomic E-state index is 0.00238. The quantitative estimate of drug-likeness (QED) is 0.178. The van der Waals surface area contributed by atoms with E-state index in [1.54, 1.807) is 26.8 Å². The Balaban J connectivity index is 1.58. The molecule has 10 heteroatoms. The molecular weight excluding hydrogens is 578 g/mol. The number of ether oxygens (including phenoxy) is 1. The van der Waals surface area contributed by atoms with E-state index in [2.05, 4.69) is 32.9 Å². The van der Waals surface area contributed by atoms with Gasteiger partial charge in [-0.05, 0) is 81.6 Å². The Kier molecular flexibility index (Phi) is 10.1. The number of fused-ring (bicyclic) bond motifs is 10. The van der Waals surface area contributed by atoms with E-state index in [1.807, 2.05) is 0 Å². The fourth-order valence-corrected chi connectivity index (χ4v) is 8.97. The summed E-state index contributed by atoms with van der Waals surface area (Å²) in [6, 6.07) is -1.52. The monoisotopic (exact) mass is 631 g/mol. The van der Waals surface area contributed by atoms with E-state index in [1.165, 1.54) is 0 Å². The maximum absolute atomic E-state index is 13.9. The van der Waals surface area contributed by atoms with Gasteiger partial charge in [0.2, 0.25) is 0 Å². The highest BCUT2D eigenvalue weighted by atomic mass is 16.7. The van der Waals surface area contributed by atoms with Gasteiger partial charge in [-0.2, -0.15) is 0 Å². The predicted molar refractivity (Wildman–Crippen MR) is 166 cm³/mol. The molecule has 1 unspecified atom stereocenters. The van der Waals surface area contributed by atoms with E-state index in [-0.39, 0.29) is 35.5 Å². The number of carbonyl (C=O) groups excluding carboxylic acids is 2. The lowest BCUT2D eigenvalue weighted by atomic mass is 9.56. The first-order chi connectivity index (χ1) is 21.2. The van der Waals surface area contributed by atoms with E-state index in [0.717, 1.165) is 37.2 Å². The number of hydrogen-bond donors (Lipinski definition) is 5. The van der Waals surface area contributed by atoms with E-state index < -0.39 is 71.8 Å². The van der Waals surface area contributed by atoms with Crippen LogP contribution in [-0.4, -0.2) is 91.1 Å². The molecule has 0 aromatic heterocycles. The van der Waals surface area contributed by atoms with Gasteiger partial charge < -0.3 is 35.1 Å². The van der Waals surface area contributed by atoms with Crippen LogP contribution in [0.2, 0.25) is 0 Å². The second-order valence-electron chi connectivity index (χ2n) is 14.9. The molecule has 1 saturated carbocycles. The zero-order valence-corrected chi connectivity index (χ0v) is 27.5. The van der Waals surface area contributed by atoms with Gasteiger partial charge in [-0.15, -0.1) is 5.06 Å². The Morgan fingerprint density at radius 1 is 1.04 bits per heavy atom. The second-order valence-corrected chi connectivity index (χ2v) is 14.9. The first-order valence-corrected chi connectivity index (χ1v) is 16.9. The summed E-state index contributed by atoms with van der Waals surface area (Å²) < 4.78 is 6.35. The SMILES string of the molecule is C/C=C(\C)[C@H](O)[C@H](O)[C@H]1[C@@H](O)[C@H](O)[C@@H](C)CCCC[C@@H]2O[C@]2(C)[C@H]2C=C[C@H]3C[C@@H](C)C[C@@H](C)[C@H]3[C@@H]2/C(O)=C2/C(=O)CN1OC2=O. The molecule has 5 N–H and O–H groups in total. The lowest BCUT2D eigenvalue weighted by Gasteiger charge is -2.48. The molecule has 0 amide bonds. The molecule has 6 rings (SSSR count). The third-order valence-corrected chi connectivity index (χ3v) is 11.7. The minimum Gasteiger partial charge on any atom is -0.511 e. The average molecular weight is 632 g/mol. The topological polar surface area (TPSA) is 160 Å². The molecule has 45 heavy (non-hydrogen) atoms. The average Bonchev–Trinajstić information content (AvgIpc) is 3.66. The predicted octanol–water partition coefficient (Wildman–Crippen LogP) is 3.39. The largest absolute Gasteiger partial charge is 0.511 e. The number of epoxide rings is 1. The summed E-state index contributed by atoms with van der Waals surface area (Å²) in [5, 5.41) is 57.7. The Bertz CT molecular complexity index is 1210. The lowest BCUT2D eigenvalue weighted by Crippen LogP contribution is -2.62. The highest BCUT2D eigenvalue weighted by Gasteiger charge is 2.62. The second kappa shape index (κ2) is 13.2. The van der Waals surface area contributed by atoms with E-state index in [4.69, 9.17) is 9.57 Å². The van der Waals surface area contributed by atoms with Crippen LogP contribution in [0.1, 0.15) is 80.1 Å². The van der Waals surface area contributed by atoms with Crippen LogP contribution in [0.5, 0.6) is 0 Å². The molecule has 0 radical (unpaired) electrons. The number of nitrogens with zero attached hydrogens (tertiary/aromatic N) is 1. The van der Waals surface area contributed by atoms with Crippen molar-refractivity contribution in [2.45, 2.75) is 122 Å². The van der Waals surface area contributed by atoms with Crippen LogP contribution < -0.4 is 0 Å². The van der Waals surface area contributed by atoms with E-state index in [0.29, 0.717) is 17.9 Å². The molecule has 4 heterocycles. The Morgan fingerprint density at radius 3 is 2.40 bits per heavy atom. The van der Waals surface area contributed by atoms with Crippen LogP contribution in [0.4, 0.5) is 0 Å². The van der Waals surface area contributed by atoms with Gasteiger partial charge in [0.25, 0.3) is 0 Å². The number of hydrogen-bond acceptors (Lipinski definition) is 10. The van der Waals surface area contributed by atoms with Crippen LogP contribution in [0, 0.1) is 41.4 Å². The third-order valence-electron chi connectivity index (χ3n) is 11.7. The minimum atomic E-state index is -1.71. The van der Waals surface area contributed by atoms with Crippen molar-refractivity contribution in [3.8, 4) is 0 Å². The molecule has 10 nitrogen and oxygen atoms in total. The summed E-state index contributed by atoms with van der Waals surface area (Å²) in [5.41, 5.74) is -0.583. The number of carbonyl (C=O) groups is 2. The standard InChI is InChI=1S/C35H53NO9/c1-7-18(3)29(38)32(41)28-33(42)30(39)19(4)10-8-9-11-24-35(6,44-24)22-13-12-21-15-17(2)14-20(5)25(21)26(22)31(40)27-23(37)16-36(28)45-34(27)43/h7,12-13,17,19-22,24-26,28-30,32-33,38-42H,8-11,14-16H2,1-6H3/b18-7+,31-27+/t17-,19-,20+,21-,22-,24-,25+,26+,28-,29-,30+,32+,33+,35+/m0/s1. The molecule has 0 spiro atoms. The van der Waals surface area contributed by atoms with Crippen molar-refractivity contribution in [3.63, 3.8) is 0 Å². The van der Waals surface area contributed by atoms with Gasteiger partial charge >= 0.3 is 5.97 Å². The molecule has 2 bridgehead atoms. The number of aliphatic hydroxyl groups is 5. The first kappa shape index (κ1) is 34.3. The zero-order valence-electron chi connectivity index (χ0n) is 27.5. The maximum Gasteiger partial charge on any atom is 0.364 e. The van der Waals surface area contributed by atoms with Crippen molar-refractivity contribution in [2.75, 3.05) is 6.54 Å². The van der Waals surface area contributed by atoms with Crippen molar-refractivity contribution in [3.05, 3.63) is 35.1 Å². The first-order valence-electron chi connectivity index (χ1n) is 16.9. The van der Waals surface area contributed by atoms with Gasteiger partial charge in [0, 0.05) is 11.8 Å². The molecule has 6 aliphatic rings. The Hall–Kier alpha value is -2.08. The fourth-order valence-electron chi connectivity index (χ4n) is 8.97. The Labute approximate surface area is 266 Å². The molecule has 3 fully saturated rings. The fraction of sp³-hybridized carbons (Fsp3) is 0.771. The number of aliphatic hydroxyl groups excluding tert-OH is 5. The smallest absolute Gasteiger partial charge is 0.364 e. The third kappa shape index (κ3) is 6.31. The molecule has 4 aliphatic heterocycles.